The van der Waals surface area contributed by atoms with E-state index >= 15 is 0 Å². The molecule has 2 heterocycles. The Labute approximate surface area is 159 Å². The number of hydrogen-bond donors (Lipinski definition) is 4. The van der Waals surface area contributed by atoms with E-state index in [-0.39, 0.29) is 5.82 Å². The van der Waals surface area contributed by atoms with Crippen molar-refractivity contribution in [3.8, 4) is 0 Å². The van der Waals surface area contributed by atoms with Gasteiger partial charge >= 0.3 is 0 Å². The van der Waals surface area contributed by atoms with Crippen LogP contribution in [0, 0.1) is 11.7 Å². The summed E-state index contributed by atoms with van der Waals surface area (Å²) in [5.74, 6) is 0.424. The van der Waals surface area contributed by atoms with Crippen LogP contribution in [0.4, 0.5) is 4.39 Å². The monoisotopic (exact) mass is 383 g/mol. The van der Waals surface area contributed by atoms with Crippen LogP contribution in [-0.2, 0) is 11.3 Å². The molecule has 0 amide bonds. The van der Waals surface area contributed by atoms with E-state index in [4.69, 9.17) is 4.74 Å². The largest absolute Gasteiger partial charge is 0.394 e. The van der Waals surface area contributed by atoms with Gasteiger partial charge in [0.05, 0.1) is 6.61 Å². The van der Waals surface area contributed by atoms with Gasteiger partial charge in [0.2, 0.25) is 0 Å². The molecule has 0 aliphatic carbocycles. The second kappa shape index (κ2) is 8.94. The van der Waals surface area contributed by atoms with Gasteiger partial charge in [-0.2, -0.15) is 0 Å². The summed E-state index contributed by atoms with van der Waals surface area (Å²) in [7, 11) is 0. The zero-order valence-electron chi connectivity index (χ0n) is 15.7. The van der Waals surface area contributed by atoms with Crippen molar-refractivity contribution in [2.45, 2.75) is 63.3 Å². The molecule has 1 aromatic rings. The molecule has 3 rings (SSSR count). The van der Waals surface area contributed by atoms with Crippen LogP contribution in [-0.4, -0.2) is 69.4 Å². The van der Waals surface area contributed by atoms with Crippen LogP contribution in [0.2, 0.25) is 0 Å². The Kier molecular flexibility index (Phi) is 6.83. The van der Waals surface area contributed by atoms with E-state index in [0.717, 1.165) is 31.8 Å². The summed E-state index contributed by atoms with van der Waals surface area (Å²) in [6.07, 6.45) is -2.71. The van der Waals surface area contributed by atoms with Crippen molar-refractivity contribution in [3.63, 3.8) is 0 Å². The number of ether oxygens (including phenoxy) is 1. The van der Waals surface area contributed by atoms with Gasteiger partial charge in [0.1, 0.15) is 36.3 Å². The number of benzene rings is 1. The molecule has 152 valence electrons. The van der Waals surface area contributed by atoms with Crippen LogP contribution in [0.15, 0.2) is 18.2 Å². The van der Waals surface area contributed by atoms with Crippen LogP contribution in [0.25, 0.3) is 0 Å². The molecule has 0 saturated carbocycles. The van der Waals surface area contributed by atoms with E-state index in [2.05, 4.69) is 11.8 Å². The average molecular weight is 383 g/mol. The number of piperidine rings is 1. The van der Waals surface area contributed by atoms with Crippen molar-refractivity contribution in [1.82, 2.24) is 4.90 Å². The lowest BCUT2D eigenvalue weighted by atomic mass is 9.90. The van der Waals surface area contributed by atoms with Gasteiger partial charge in [-0.25, -0.2) is 4.39 Å². The minimum Gasteiger partial charge on any atom is -0.394 e. The molecule has 2 saturated heterocycles. The molecule has 1 aromatic carbocycles. The molecule has 0 spiro atoms. The summed E-state index contributed by atoms with van der Waals surface area (Å²) in [6, 6.07) is 4.49. The van der Waals surface area contributed by atoms with Crippen molar-refractivity contribution in [2.24, 2.45) is 5.92 Å². The first-order valence-electron chi connectivity index (χ1n) is 9.75. The lowest BCUT2D eigenvalue weighted by Gasteiger charge is -2.40. The molecule has 2 aliphatic heterocycles. The number of hydrogen-bond acceptors (Lipinski definition) is 6. The predicted octanol–water partition coefficient (Wildman–Crippen LogP) is 0.963. The van der Waals surface area contributed by atoms with Gasteiger partial charge in [0.15, 0.2) is 0 Å². The number of aliphatic hydroxyl groups is 4. The maximum Gasteiger partial charge on any atom is 0.127 e. The summed E-state index contributed by atoms with van der Waals surface area (Å²) in [6.45, 7) is 4.06. The lowest BCUT2D eigenvalue weighted by Crippen LogP contribution is -2.55. The Hall–Kier alpha value is -1.09. The second-order valence-corrected chi connectivity index (χ2v) is 7.73. The summed E-state index contributed by atoms with van der Waals surface area (Å²) in [5, 5.41) is 39.5. The molecule has 0 unspecified atom stereocenters. The standard InChI is InChI=1S/C20H30FNO5/c1-2-12-5-7-22(8-6-12)10-14-9-13(3-4-15(14)21)20-19(26)18(25)17(24)16(11-23)27-20/h3-4,9,12,16-20,23-26H,2,5-8,10-11H2,1H3/t16-,17-,18+,19-,20+/m1/s1. The molecule has 0 aromatic heterocycles. The average Bonchev–Trinajstić information content (AvgIpc) is 2.69. The van der Waals surface area contributed by atoms with Crippen molar-refractivity contribution in [1.29, 1.82) is 0 Å². The Bertz CT molecular complexity index is 620. The van der Waals surface area contributed by atoms with E-state index in [0.29, 0.717) is 17.7 Å². The fraction of sp³-hybridized carbons (Fsp3) is 0.700. The SMILES string of the molecule is CCC1CCN(Cc2cc([C@@H]3O[C@H](CO)[C@@H](O)[C@H](O)[C@H]3O)ccc2F)CC1. The third-order valence-corrected chi connectivity index (χ3v) is 5.97. The topological polar surface area (TPSA) is 93.4 Å². The van der Waals surface area contributed by atoms with Crippen LogP contribution in [0.1, 0.15) is 43.4 Å². The van der Waals surface area contributed by atoms with Crippen molar-refractivity contribution < 1.29 is 29.6 Å². The molecule has 6 nitrogen and oxygen atoms in total. The normalized spacial score (nSPS) is 33.3. The molecule has 4 N–H and O–H groups in total. The molecule has 0 radical (unpaired) electrons. The first kappa shape index (κ1) is 20.6. The minimum atomic E-state index is -1.44. The highest BCUT2D eigenvalue weighted by Gasteiger charge is 2.44. The van der Waals surface area contributed by atoms with Crippen molar-refractivity contribution in [3.05, 3.63) is 35.1 Å². The van der Waals surface area contributed by atoms with Gasteiger partial charge < -0.3 is 25.2 Å². The fourth-order valence-corrected chi connectivity index (χ4v) is 4.06. The Morgan fingerprint density at radius 3 is 2.44 bits per heavy atom. The Morgan fingerprint density at radius 2 is 1.81 bits per heavy atom. The minimum absolute atomic E-state index is 0.319. The highest BCUT2D eigenvalue weighted by molar-refractivity contribution is 5.28. The molecule has 2 aliphatic rings. The number of nitrogens with zero attached hydrogens (tertiary/aromatic N) is 1. The van der Waals surface area contributed by atoms with Crippen LogP contribution in [0.3, 0.4) is 0 Å². The summed E-state index contributed by atoms with van der Waals surface area (Å²) < 4.78 is 19.9. The number of rotatable bonds is 5. The van der Waals surface area contributed by atoms with Gasteiger partial charge in [-0.05, 0) is 49.5 Å². The van der Waals surface area contributed by atoms with E-state index in [1.54, 1.807) is 6.07 Å². The molecule has 0 bridgehead atoms. The first-order valence-corrected chi connectivity index (χ1v) is 9.75. The van der Waals surface area contributed by atoms with E-state index in [1.807, 2.05) is 0 Å². The van der Waals surface area contributed by atoms with Crippen molar-refractivity contribution >= 4 is 0 Å². The van der Waals surface area contributed by atoms with E-state index in [9.17, 15) is 24.8 Å². The third kappa shape index (κ3) is 4.50. The fourth-order valence-electron chi connectivity index (χ4n) is 4.06. The van der Waals surface area contributed by atoms with Gasteiger partial charge in [0, 0.05) is 12.1 Å². The Morgan fingerprint density at radius 1 is 1.11 bits per heavy atom. The number of likely N-dealkylation sites (tertiary alicyclic amines) is 1. The van der Waals surface area contributed by atoms with Gasteiger partial charge in [0.25, 0.3) is 0 Å². The number of aliphatic hydroxyl groups excluding tert-OH is 4. The first-order chi connectivity index (χ1) is 12.9. The smallest absolute Gasteiger partial charge is 0.127 e. The highest BCUT2D eigenvalue weighted by atomic mass is 19.1. The second-order valence-electron chi connectivity index (χ2n) is 7.73. The molecule has 27 heavy (non-hydrogen) atoms. The highest BCUT2D eigenvalue weighted by Crippen LogP contribution is 2.33. The van der Waals surface area contributed by atoms with Gasteiger partial charge in [-0.15, -0.1) is 0 Å². The quantitative estimate of drug-likeness (QED) is 0.605. The zero-order valence-corrected chi connectivity index (χ0v) is 15.7. The zero-order chi connectivity index (χ0) is 19.6. The maximum absolute atomic E-state index is 14.4. The molecule has 7 heteroatoms. The summed E-state index contributed by atoms with van der Waals surface area (Å²) >= 11 is 0. The number of halogens is 1. The van der Waals surface area contributed by atoms with E-state index in [1.165, 1.54) is 18.6 Å². The van der Waals surface area contributed by atoms with Crippen LogP contribution in [0.5, 0.6) is 0 Å². The van der Waals surface area contributed by atoms with Gasteiger partial charge in [-0.3, -0.25) is 4.90 Å². The van der Waals surface area contributed by atoms with Crippen molar-refractivity contribution in [2.75, 3.05) is 19.7 Å². The maximum atomic E-state index is 14.4. The van der Waals surface area contributed by atoms with Gasteiger partial charge in [-0.1, -0.05) is 19.4 Å². The third-order valence-electron chi connectivity index (χ3n) is 5.97. The van der Waals surface area contributed by atoms with E-state index < -0.39 is 37.1 Å². The molecular weight excluding hydrogens is 353 g/mol. The molecular formula is C20H30FNO5. The Balaban J connectivity index is 1.74. The van der Waals surface area contributed by atoms with Crippen LogP contribution >= 0.6 is 0 Å². The lowest BCUT2D eigenvalue weighted by molar-refractivity contribution is -0.231. The summed E-state index contributed by atoms with van der Waals surface area (Å²) in [5.41, 5.74) is 1.03. The van der Waals surface area contributed by atoms with Crippen LogP contribution < -0.4 is 0 Å². The predicted molar refractivity (Wildman–Crippen MR) is 97.4 cm³/mol. The molecule has 2 fully saturated rings. The summed E-state index contributed by atoms with van der Waals surface area (Å²) in [4.78, 5) is 2.22. The molecule has 5 atom stereocenters.